The van der Waals surface area contributed by atoms with Crippen LogP contribution >= 0.6 is 11.6 Å². The van der Waals surface area contributed by atoms with Crippen molar-refractivity contribution >= 4 is 17.3 Å². The summed E-state index contributed by atoms with van der Waals surface area (Å²) in [7, 11) is 0. The molecule has 1 N–H and O–H groups in total. The van der Waals surface area contributed by atoms with Crippen LogP contribution in [0.1, 0.15) is 5.56 Å². The molecule has 0 saturated carbocycles. The Morgan fingerprint density at radius 3 is 2.59 bits per heavy atom. The fourth-order valence-electron chi connectivity index (χ4n) is 1.41. The standard InChI is InChI=1S/C12H9ClF2N2/c13-9-2-10(14)4-12(3-9)17-6-8-1-11(15)7-16-5-8/h1-5,7,17H,6H2. The normalized spacial score (nSPS) is 10.3. The predicted molar refractivity (Wildman–Crippen MR) is 62.9 cm³/mol. The van der Waals surface area contributed by atoms with E-state index in [1.807, 2.05) is 0 Å². The summed E-state index contributed by atoms with van der Waals surface area (Å²) in [5.74, 6) is -0.820. The molecule has 0 aliphatic rings. The number of nitrogens with zero attached hydrogens (tertiary/aromatic N) is 1. The van der Waals surface area contributed by atoms with Gasteiger partial charge in [-0.2, -0.15) is 0 Å². The first-order chi connectivity index (χ1) is 8.13. The maximum absolute atomic E-state index is 13.0. The molecule has 0 atom stereocenters. The third-order valence-electron chi connectivity index (χ3n) is 2.12. The van der Waals surface area contributed by atoms with Crippen LogP contribution < -0.4 is 5.32 Å². The van der Waals surface area contributed by atoms with Gasteiger partial charge in [0.15, 0.2) is 0 Å². The summed E-state index contributed by atoms with van der Waals surface area (Å²) in [5.41, 5.74) is 1.21. The van der Waals surface area contributed by atoms with Crippen molar-refractivity contribution in [2.45, 2.75) is 6.54 Å². The van der Waals surface area contributed by atoms with Gasteiger partial charge in [0.1, 0.15) is 11.6 Å². The molecule has 1 aromatic carbocycles. The summed E-state index contributed by atoms with van der Waals surface area (Å²) < 4.78 is 25.9. The van der Waals surface area contributed by atoms with Crippen LogP contribution in [0.4, 0.5) is 14.5 Å². The first-order valence-electron chi connectivity index (χ1n) is 4.93. The van der Waals surface area contributed by atoms with Crippen LogP contribution in [0.25, 0.3) is 0 Å². The highest BCUT2D eigenvalue weighted by Crippen LogP contribution is 2.18. The Morgan fingerprint density at radius 2 is 1.88 bits per heavy atom. The molecule has 0 saturated heterocycles. The maximum atomic E-state index is 13.0. The highest BCUT2D eigenvalue weighted by Gasteiger charge is 2.00. The van der Waals surface area contributed by atoms with E-state index >= 15 is 0 Å². The zero-order valence-corrected chi connectivity index (χ0v) is 9.51. The largest absolute Gasteiger partial charge is 0.381 e. The number of benzene rings is 1. The monoisotopic (exact) mass is 254 g/mol. The van der Waals surface area contributed by atoms with E-state index in [1.54, 1.807) is 6.07 Å². The lowest BCUT2D eigenvalue weighted by Crippen LogP contribution is -2.00. The Morgan fingerprint density at radius 1 is 1.06 bits per heavy atom. The molecule has 0 aliphatic heterocycles. The number of pyridine rings is 1. The summed E-state index contributed by atoms with van der Waals surface area (Å²) in [5, 5.41) is 3.25. The van der Waals surface area contributed by atoms with Crippen molar-refractivity contribution in [1.29, 1.82) is 0 Å². The number of hydrogen-bond acceptors (Lipinski definition) is 2. The Kier molecular flexibility index (Phi) is 3.54. The van der Waals surface area contributed by atoms with Crippen LogP contribution in [0.5, 0.6) is 0 Å². The van der Waals surface area contributed by atoms with Gasteiger partial charge in [-0.25, -0.2) is 8.78 Å². The molecule has 88 valence electrons. The van der Waals surface area contributed by atoms with Crippen LogP contribution in [0.15, 0.2) is 36.7 Å². The topological polar surface area (TPSA) is 24.9 Å². The molecule has 5 heteroatoms. The lowest BCUT2D eigenvalue weighted by atomic mass is 10.2. The molecule has 0 aliphatic carbocycles. The zero-order valence-electron chi connectivity index (χ0n) is 8.75. The van der Waals surface area contributed by atoms with E-state index in [0.717, 1.165) is 6.20 Å². The SMILES string of the molecule is Fc1cncc(CNc2cc(F)cc(Cl)c2)c1. The molecular weight excluding hydrogens is 246 g/mol. The molecule has 2 rings (SSSR count). The van der Waals surface area contributed by atoms with E-state index in [4.69, 9.17) is 11.6 Å². The van der Waals surface area contributed by atoms with Gasteiger partial charge in [0.05, 0.1) is 6.20 Å². The molecule has 0 radical (unpaired) electrons. The molecule has 1 aromatic heterocycles. The Hall–Kier alpha value is -1.68. The molecule has 0 bridgehead atoms. The summed E-state index contributed by atoms with van der Waals surface area (Å²) in [6.07, 6.45) is 2.67. The smallest absolute Gasteiger partial charge is 0.141 e. The van der Waals surface area contributed by atoms with Gasteiger partial charge < -0.3 is 5.32 Å². The van der Waals surface area contributed by atoms with E-state index in [0.29, 0.717) is 22.8 Å². The Bertz CT molecular complexity index is 511. The van der Waals surface area contributed by atoms with Gasteiger partial charge in [0.25, 0.3) is 0 Å². The van der Waals surface area contributed by atoms with E-state index in [2.05, 4.69) is 10.3 Å². The van der Waals surface area contributed by atoms with Crippen molar-refractivity contribution in [3.8, 4) is 0 Å². The molecule has 1 heterocycles. The highest BCUT2D eigenvalue weighted by molar-refractivity contribution is 6.30. The molecule has 2 aromatic rings. The van der Waals surface area contributed by atoms with Gasteiger partial charge in [-0.05, 0) is 29.8 Å². The fraction of sp³-hybridized carbons (Fsp3) is 0.0833. The van der Waals surface area contributed by atoms with E-state index < -0.39 is 11.6 Å². The van der Waals surface area contributed by atoms with Crippen LogP contribution in [0.2, 0.25) is 5.02 Å². The number of anilines is 1. The van der Waals surface area contributed by atoms with E-state index in [-0.39, 0.29) is 0 Å². The molecule has 2 nitrogen and oxygen atoms in total. The lowest BCUT2D eigenvalue weighted by molar-refractivity contribution is 0.618. The maximum Gasteiger partial charge on any atom is 0.141 e. The van der Waals surface area contributed by atoms with Gasteiger partial charge in [0, 0.05) is 23.5 Å². The summed E-state index contributed by atoms with van der Waals surface area (Å²) in [4.78, 5) is 3.72. The van der Waals surface area contributed by atoms with Gasteiger partial charge >= 0.3 is 0 Å². The van der Waals surface area contributed by atoms with E-state index in [1.165, 1.54) is 24.4 Å². The summed E-state index contributed by atoms with van der Waals surface area (Å²) in [6, 6.07) is 5.49. The minimum Gasteiger partial charge on any atom is -0.381 e. The highest BCUT2D eigenvalue weighted by atomic mass is 35.5. The average Bonchev–Trinajstić information content (AvgIpc) is 2.25. The number of aromatic nitrogens is 1. The first-order valence-corrected chi connectivity index (χ1v) is 5.31. The van der Waals surface area contributed by atoms with Crippen molar-refractivity contribution in [1.82, 2.24) is 4.98 Å². The molecule has 0 fully saturated rings. The van der Waals surface area contributed by atoms with Crippen molar-refractivity contribution in [2.24, 2.45) is 0 Å². The molecular formula is C12H9ClF2N2. The number of rotatable bonds is 3. The van der Waals surface area contributed by atoms with Crippen molar-refractivity contribution < 1.29 is 8.78 Å². The van der Waals surface area contributed by atoms with Crippen LogP contribution in [-0.4, -0.2) is 4.98 Å². The fourth-order valence-corrected chi connectivity index (χ4v) is 1.63. The Balaban J connectivity index is 2.07. The van der Waals surface area contributed by atoms with Gasteiger partial charge in [-0.1, -0.05) is 11.6 Å². The third-order valence-corrected chi connectivity index (χ3v) is 2.34. The zero-order chi connectivity index (χ0) is 12.3. The molecule has 0 unspecified atom stereocenters. The predicted octanol–water partition coefficient (Wildman–Crippen LogP) is 3.63. The lowest BCUT2D eigenvalue weighted by Gasteiger charge is -2.07. The van der Waals surface area contributed by atoms with Crippen molar-refractivity contribution in [2.75, 3.05) is 5.32 Å². The number of hydrogen-bond donors (Lipinski definition) is 1. The summed E-state index contributed by atoms with van der Waals surface area (Å²) in [6.45, 7) is 0.352. The summed E-state index contributed by atoms with van der Waals surface area (Å²) >= 11 is 5.70. The minimum atomic E-state index is -0.419. The van der Waals surface area contributed by atoms with Crippen molar-refractivity contribution in [3.63, 3.8) is 0 Å². The van der Waals surface area contributed by atoms with Gasteiger partial charge in [0.2, 0.25) is 0 Å². The van der Waals surface area contributed by atoms with Gasteiger partial charge in [-0.15, -0.1) is 0 Å². The second-order valence-corrected chi connectivity index (χ2v) is 3.96. The minimum absolute atomic E-state index is 0.310. The van der Waals surface area contributed by atoms with Crippen molar-refractivity contribution in [3.05, 3.63) is 58.9 Å². The number of halogens is 3. The molecule has 17 heavy (non-hydrogen) atoms. The number of nitrogens with one attached hydrogen (secondary N) is 1. The van der Waals surface area contributed by atoms with E-state index in [9.17, 15) is 8.78 Å². The quantitative estimate of drug-likeness (QED) is 0.905. The Labute approximate surface area is 102 Å². The van der Waals surface area contributed by atoms with Crippen LogP contribution in [0, 0.1) is 11.6 Å². The molecule has 0 spiro atoms. The van der Waals surface area contributed by atoms with Crippen LogP contribution in [0.3, 0.4) is 0 Å². The van der Waals surface area contributed by atoms with Crippen LogP contribution in [-0.2, 0) is 6.54 Å². The second-order valence-electron chi connectivity index (χ2n) is 3.52. The second kappa shape index (κ2) is 5.10. The first kappa shape index (κ1) is 11.8. The molecule has 0 amide bonds. The third kappa shape index (κ3) is 3.39. The average molecular weight is 255 g/mol. The van der Waals surface area contributed by atoms with Gasteiger partial charge in [-0.3, -0.25) is 4.98 Å².